The summed E-state index contributed by atoms with van der Waals surface area (Å²) in [6, 6.07) is 11.6. The van der Waals surface area contributed by atoms with Crippen LogP contribution in [0.25, 0.3) is 22.0 Å². The Hall–Kier alpha value is -1.26. The fraction of sp³-hybridized carbons (Fsp3) is 0.250. The molecule has 0 atom stereocenters. The van der Waals surface area contributed by atoms with Crippen LogP contribution in [0, 0.1) is 13.8 Å². The van der Waals surface area contributed by atoms with E-state index in [1.165, 1.54) is 37.3 Å². The van der Waals surface area contributed by atoms with Crippen molar-refractivity contribution in [1.82, 2.24) is 4.98 Å². The van der Waals surface area contributed by atoms with Gasteiger partial charge < -0.3 is 0 Å². The molecule has 0 saturated carbocycles. The molecule has 3 heteroatoms. The Bertz CT molecular complexity index is 954. The van der Waals surface area contributed by atoms with Gasteiger partial charge in [-0.15, -0.1) is 0 Å². The number of fused-ring (bicyclic) bond motifs is 2. The van der Waals surface area contributed by atoms with Gasteiger partial charge in [0.25, 0.3) is 0 Å². The van der Waals surface area contributed by atoms with Gasteiger partial charge in [0.15, 0.2) is 0 Å². The summed E-state index contributed by atoms with van der Waals surface area (Å²) in [6.07, 6.45) is 1.97. The van der Waals surface area contributed by atoms with Gasteiger partial charge in [-0.05, 0) is 0 Å². The molecule has 1 aromatic heterocycles. The zero-order valence-electron chi connectivity index (χ0n) is 14.3. The number of aryl methyl sites for hydroxylation is 2. The van der Waals surface area contributed by atoms with E-state index in [0.29, 0.717) is 0 Å². The van der Waals surface area contributed by atoms with E-state index in [1.807, 2.05) is 18.0 Å². The Morgan fingerprint density at radius 3 is 2.52 bits per heavy atom. The molecule has 0 bridgehead atoms. The number of hydrogen-bond acceptors (Lipinski definition) is 2. The first-order valence-corrected chi connectivity index (χ1v) is 16.2. The summed E-state index contributed by atoms with van der Waals surface area (Å²) in [7, 11) is 0. The molecule has 1 aliphatic heterocycles. The predicted octanol–water partition coefficient (Wildman–Crippen LogP) is 5.53. The molecule has 0 saturated heterocycles. The molecule has 23 heavy (non-hydrogen) atoms. The Morgan fingerprint density at radius 2 is 1.78 bits per heavy atom. The molecule has 0 unspecified atom stereocenters. The summed E-state index contributed by atoms with van der Waals surface area (Å²) >= 11 is 0.0699. The molecule has 1 nitrogen and oxygen atoms in total. The van der Waals surface area contributed by atoms with Crippen molar-refractivity contribution in [2.45, 2.75) is 40.9 Å². The van der Waals surface area contributed by atoms with Crippen molar-refractivity contribution in [2.24, 2.45) is 0 Å². The number of hydrogen-bond donors (Lipinski definition) is 0. The second-order valence-corrected chi connectivity index (χ2v) is 19.2. The maximum atomic E-state index is 4.75. The average Bonchev–Trinajstić information content (AvgIpc) is 2.47. The third-order valence-corrected chi connectivity index (χ3v) is 10.1. The topological polar surface area (TPSA) is 12.9 Å². The summed E-state index contributed by atoms with van der Waals surface area (Å²) in [4.78, 5) is 7.52. The van der Waals surface area contributed by atoms with Crippen molar-refractivity contribution in [3.05, 3.63) is 47.7 Å². The van der Waals surface area contributed by atoms with E-state index in [1.54, 1.807) is 4.40 Å². The van der Waals surface area contributed by atoms with Gasteiger partial charge in [0.1, 0.15) is 0 Å². The van der Waals surface area contributed by atoms with Crippen LogP contribution in [0.2, 0.25) is 17.3 Å². The second-order valence-electron chi connectivity index (χ2n) is 7.54. The fourth-order valence-corrected chi connectivity index (χ4v) is 7.25. The van der Waals surface area contributed by atoms with Crippen LogP contribution >= 0.6 is 11.8 Å². The van der Waals surface area contributed by atoms with Gasteiger partial charge in [-0.3, -0.25) is 0 Å². The van der Waals surface area contributed by atoms with Gasteiger partial charge in [0.2, 0.25) is 0 Å². The van der Waals surface area contributed by atoms with Crippen molar-refractivity contribution in [1.29, 1.82) is 0 Å². The zero-order chi connectivity index (χ0) is 16.4. The van der Waals surface area contributed by atoms with E-state index in [0.717, 1.165) is 5.69 Å². The summed E-state index contributed by atoms with van der Waals surface area (Å²) in [5, 5.41) is 2.69. The summed E-state index contributed by atoms with van der Waals surface area (Å²) in [6.45, 7) is 4.39. The number of pyridine rings is 1. The Kier molecular flexibility index (Phi) is 3.40. The molecule has 0 spiro atoms. The Labute approximate surface area is 144 Å². The van der Waals surface area contributed by atoms with Gasteiger partial charge in [-0.2, -0.15) is 0 Å². The van der Waals surface area contributed by atoms with Crippen molar-refractivity contribution in [2.75, 3.05) is 0 Å². The molecule has 4 rings (SSSR count). The number of rotatable bonds is 1. The first-order chi connectivity index (χ1) is 10.8. The first-order valence-electron chi connectivity index (χ1n) is 8.07. The second kappa shape index (κ2) is 5.12. The van der Waals surface area contributed by atoms with Crippen molar-refractivity contribution >= 4 is 40.2 Å². The van der Waals surface area contributed by atoms with Gasteiger partial charge in [-0.1, -0.05) is 0 Å². The molecular weight excluding hydrogens is 359 g/mol. The number of nitrogens with zero attached hydrogens (tertiary/aromatic N) is 1. The number of aromatic nitrogens is 1. The van der Waals surface area contributed by atoms with Crippen molar-refractivity contribution in [3.63, 3.8) is 0 Å². The van der Waals surface area contributed by atoms with E-state index in [2.05, 4.69) is 61.4 Å². The molecule has 0 fully saturated rings. The molecule has 0 aliphatic carbocycles. The van der Waals surface area contributed by atoms with Crippen LogP contribution in [0.5, 0.6) is 0 Å². The molecule has 1 aliphatic rings. The van der Waals surface area contributed by atoms with E-state index < -0.39 is 13.3 Å². The zero-order valence-corrected chi connectivity index (χ0v) is 17.2. The van der Waals surface area contributed by atoms with Gasteiger partial charge >= 0.3 is 145 Å². The summed E-state index contributed by atoms with van der Waals surface area (Å²) in [5.74, 6) is 7.39. The third kappa shape index (κ3) is 2.43. The monoisotopic (exact) mass is 381 g/mol. The summed E-state index contributed by atoms with van der Waals surface area (Å²) in [5.41, 5.74) is 5.13. The van der Waals surface area contributed by atoms with E-state index in [-0.39, 0.29) is 0 Å². The van der Waals surface area contributed by atoms with Crippen LogP contribution in [-0.4, -0.2) is 18.3 Å². The van der Waals surface area contributed by atoms with Crippen molar-refractivity contribution in [3.8, 4) is 11.3 Å². The van der Waals surface area contributed by atoms with Crippen LogP contribution in [0.3, 0.4) is 0 Å². The van der Waals surface area contributed by atoms with Crippen LogP contribution in [0.1, 0.15) is 11.1 Å². The van der Waals surface area contributed by atoms with E-state index >= 15 is 0 Å². The quantitative estimate of drug-likeness (QED) is 0.403. The molecule has 0 amide bonds. The molecule has 2 aromatic carbocycles. The van der Waals surface area contributed by atoms with E-state index in [9.17, 15) is 0 Å². The Balaban J connectivity index is 2.10. The predicted molar refractivity (Wildman–Crippen MR) is 104 cm³/mol. The van der Waals surface area contributed by atoms with Gasteiger partial charge in [0, 0.05) is 0 Å². The minimum atomic E-state index is -1.86. The van der Waals surface area contributed by atoms with E-state index in [4.69, 9.17) is 4.98 Å². The molecule has 0 N–H and O–H groups in total. The van der Waals surface area contributed by atoms with Crippen molar-refractivity contribution < 1.29 is 0 Å². The van der Waals surface area contributed by atoms with Gasteiger partial charge in [0.05, 0.1) is 0 Å². The maximum absolute atomic E-state index is 4.75. The van der Waals surface area contributed by atoms with Crippen LogP contribution in [0.4, 0.5) is 0 Å². The average molecular weight is 380 g/mol. The SMILES string of the molecule is Cc1cc(C)c2c(c1)-c1nccc3c[c]([Ge]([CH3])([CH3])[CH3])cc(c13)S2. The van der Waals surface area contributed by atoms with Crippen LogP contribution < -0.4 is 4.40 Å². The summed E-state index contributed by atoms with van der Waals surface area (Å²) < 4.78 is 1.57. The molecular formula is C20H21GeNS. The third-order valence-electron chi connectivity index (χ3n) is 4.58. The van der Waals surface area contributed by atoms with Crippen LogP contribution in [0.15, 0.2) is 46.3 Å². The normalized spacial score (nSPS) is 13.3. The van der Waals surface area contributed by atoms with Gasteiger partial charge in [-0.25, -0.2) is 0 Å². The molecule has 2 heterocycles. The molecule has 0 radical (unpaired) electrons. The first kappa shape index (κ1) is 15.3. The molecule has 116 valence electrons. The fourth-order valence-electron chi connectivity index (χ4n) is 3.37. The standard InChI is InChI=1S/C20H21GeNS/c1-12-8-13(2)20-16(9-12)19-18-14(6-7-22-19)10-15(21(3,4)5)11-17(18)23-20/h6-11H,1-5H3. The Morgan fingerprint density at radius 1 is 1.00 bits per heavy atom. The minimum absolute atomic E-state index is 1.16. The number of benzene rings is 2. The van der Waals surface area contributed by atoms with Crippen LogP contribution in [-0.2, 0) is 0 Å². The molecule has 3 aromatic rings.